The van der Waals surface area contributed by atoms with Crippen LogP contribution in [0.3, 0.4) is 0 Å². The first-order chi connectivity index (χ1) is 22.1. The molecule has 0 spiro atoms. The van der Waals surface area contributed by atoms with Gasteiger partial charge in [0.25, 0.3) is 5.91 Å². The zero-order valence-electron chi connectivity index (χ0n) is 25.2. The summed E-state index contributed by atoms with van der Waals surface area (Å²) >= 11 is 0. The fraction of sp³-hybridized carbons (Fsp3) is 0.355. The molecule has 0 bridgehead atoms. The summed E-state index contributed by atoms with van der Waals surface area (Å²) in [7, 11) is 2.50. The molecule has 16 heteroatoms. The van der Waals surface area contributed by atoms with Gasteiger partial charge in [0.05, 0.1) is 38.1 Å². The number of amides is 2. The second kappa shape index (κ2) is 11.1. The van der Waals surface area contributed by atoms with E-state index in [1.54, 1.807) is 10.9 Å². The third kappa shape index (κ3) is 5.25. The molecule has 0 saturated heterocycles. The minimum atomic E-state index is -5.51. The number of aliphatic hydroxyl groups is 1. The molecule has 1 saturated carbocycles. The van der Waals surface area contributed by atoms with Crippen molar-refractivity contribution in [1.82, 2.24) is 20.1 Å². The quantitative estimate of drug-likeness (QED) is 0.228. The predicted octanol–water partition coefficient (Wildman–Crippen LogP) is 4.04. The molecule has 1 aliphatic carbocycles. The topological polar surface area (TPSA) is 151 Å². The van der Waals surface area contributed by atoms with Gasteiger partial charge in [0.2, 0.25) is 11.5 Å². The van der Waals surface area contributed by atoms with Crippen LogP contribution in [0.15, 0.2) is 36.5 Å². The lowest BCUT2D eigenvalue weighted by Crippen LogP contribution is -2.51. The number of alkyl halides is 3. The van der Waals surface area contributed by atoms with Crippen molar-refractivity contribution in [2.45, 2.75) is 43.0 Å². The fourth-order valence-corrected chi connectivity index (χ4v) is 5.44. The van der Waals surface area contributed by atoms with Crippen LogP contribution in [0.2, 0.25) is 0 Å². The van der Waals surface area contributed by atoms with Gasteiger partial charge in [-0.25, -0.2) is 13.8 Å². The van der Waals surface area contributed by atoms with Gasteiger partial charge in [0, 0.05) is 34.8 Å². The molecule has 3 heterocycles. The van der Waals surface area contributed by atoms with E-state index in [4.69, 9.17) is 19.9 Å². The molecule has 1 aliphatic heterocycles. The first-order valence-corrected chi connectivity index (χ1v) is 14.3. The minimum Gasteiger partial charge on any atom is -0.497 e. The van der Waals surface area contributed by atoms with Gasteiger partial charge in [-0.05, 0) is 38.0 Å². The molecule has 47 heavy (non-hydrogen) atoms. The lowest BCUT2D eigenvalue weighted by Gasteiger charge is -2.31. The molecular weight excluding hydrogens is 633 g/mol. The van der Waals surface area contributed by atoms with E-state index in [9.17, 15) is 27.9 Å². The highest BCUT2D eigenvalue weighted by Crippen LogP contribution is 2.49. The summed E-state index contributed by atoms with van der Waals surface area (Å²) in [4.78, 5) is 29.6. The summed E-state index contributed by atoms with van der Waals surface area (Å²) in [5.74, 6) is -5.01. The number of carbonyl (C=O) groups is 2. The number of rotatable bonds is 9. The zero-order chi connectivity index (χ0) is 34.1. The number of fused-ring (bicyclic) bond motifs is 2. The molecule has 2 aromatic carbocycles. The summed E-state index contributed by atoms with van der Waals surface area (Å²) in [6, 6.07) is 5.20. The van der Waals surface area contributed by atoms with Gasteiger partial charge in [0.1, 0.15) is 52.1 Å². The van der Waals surface area contributed by atoms with Gasteiger partial charge < -0.3 is 30.4 Å². The summed E-state index contributed by atoms with van der Waals surface area (Å²) < 4.78 is 92.4. The molecule has 11 nitrogen and oxygen atoms in total. The van der Waals surface area contributed by atoms with Gasteiger partial charge in [-0.2, -0.15) is 18.3 Å². The Kier molecular flexibility index (Phi) is 7.53. The molecule has 4 N–H and O–H groups in total. The number of benzene rings is 2. The average molecular weight is 662 g/mol. The predicted molar refractivity (Wildman–Crippen MR) is 155 cm³/mol. The van der Waals surface area contributed by atoms with Crippen LogP contribution < -0.4 is 25.3 Å². The van der Waals surface area contributed by atoms with Crippen LogP contribution in [-0.4, -0.2) is 65.2 Å². The van der Waals surface area contributed by atoms with Crippen LogP contribution >= 0.6 is 0 Å². The fourth-order valence-electron chi connectivity index (χ4n) is 5.44. The van der Waals surface area contributed by atoms with Crippen LogP contribution in [0.4, 0.5) is 22.0 Å². The summed E-state index contributed by atoms with van der Waals surface area (Å²) in [5.41, 5.74) is -2.92. The molecule has 2 atom stereocenters. The number of nitrogens with zero attached hydrogens (tertiary/aromatic N) is 3. The summed E-state index contributed by atoms with van der Waals surface area (Å²) in [6.07, 6.45) is -1.95. The second-order valence-electron chi connectivity index (χ2n) is 11.7. The Morgan fingerprint density at radius 2 is 1.81 bits per heavy atom. The highest BCUT2D eigenvalue weighted by molar-refractivity contribution is 6.00. The Labute approximate surface area is 263 Å². The molecule has 2 aromatic heterocycles. The molecule has 2 amide bonds. The minimum absolute atomic E-state index is 0.0890. The molecule has 1 fully saturated rings. The summed E-state index contributed by atoms with van der Waals surface area (Å²) in [6.45, 7) is -0.708. The van der Waals surface area contributed by atoms with Crippen molar-refractivity contribution in [1.29, 1.82) is 0 Å². The number of methoxy groups -OCH3 is 2. The van der Waals surface area contributed by atoms with Crippen molar-refractivity contribution in [3.8, 4) is 28.5 Å². The number of hydrogen-bond acceptors (Lipinski definition) is 8. The van der Waals surface area contributed by atoms with Gasteiger partial charge in [-0.1, -0.05) is 0 Å². The third-order valence-corrected chi connectivity index (χ3v) is 8.50. The van der Waals surface area contributed by atoms with Crippen LogP contribution in [0.5, 0.6) is 17.2 Å². The highest BCUT2D eigenvalue weighted by atomic mass is 19.4. The Morgan fingerprint density at radius 3 is 2.38 bits per heavy atom. The number of carbonyl (C=O) groups excluding carboxylic acids is 2. The van der Waals surface area contributed by atoms with Gasteiger partial charge >= 0.3 is 6.18 Å². The SMILES string of the molecule is COc1cc(F)c(-c2nc(C(O)(CNC(=O)c3cc(OC)c4nn(C5CC5)cc4c3)C(F)(F)F)cc3c2OC[C@]3(C)C(N)=O)c(F)c1. The lowest BCUT2D eigenvalue weighted by molar-refractivity contribution is -0.265. The molecule has 4 aromatic rings. The van der Waals surface area contributed by atoms with E-state index in [1.165, 1.54) is 26.2 Å². The van der Waals surface area contributed by atoms with E-state index in [2.05, 4.69) is 15.4 Å². The maximum absolute atomic E-state index is 15.3. The molecule has 248 valence electrons. The van der Waals surface area contributed by atoms with Crippen molar-refractivity contribution < 1.29 is 50.9 Å². The molecule has 1 unspecified atom stereocenters. The average Bonchev–Trinajstić information content (AvgIpc) is 3.69. The van der Waals surface area contributed by atoms with E-state index in [0.29, 0.717) is 10.9 Å². The number of primary amides is 1. The Hall–Kier alpha value is -4.99. The second-order valence-corrected chi connectivity index (χ2v) is 11.7. The van der Waals surface area contributed by atoms with Crippen LogP contribution in [0.1, 0.15) is 47.4 Å². The standard InChI is InChI=1S/C31H28F5N5O6/c1-29(28(37)43)13-47-26-18(29)10-22(39-25(26)23-19(32)8-17(45-2)9-20(23)33)30(44,31(34,35)36)12-38-27(42)14-6-15-11-41(16-4-5-16)40-24(15)21(7-14)46-3/h6-11,16,44H,4-5,12-13H2,1-3H3,(H2,37,43)(H,38,42)/t29-,30?/m0/s1. The number of halogens is 5. The molecule has 0 radical (unpaired) electrons. The van der Waals surface area contributed by atoms with Gasteiger partial charge in [-0.3, -0.25) is 14.3 Å². The molecular formula is C31H28F5N5O6. The van der Waals surface area contributed by atoms with Crippen molar-refractivity contribution in [3.63, 3.8) is 0 Å². The summed E-state index contributed by atoms with van der Waals surface area (Å²) in [5, 5.41) is 18.4. The number of nitrogens with one attached hydrogen (secondary N) is 1. The third-order valence-electron chi connectivity index (χ3n) is 8.50. The number of ether oxygens (including phenoxy) is 3. The maximum atomic E-state index is 15.3. The Balaban J connectivity index is 1.44. The smallest absolute Gasteiger partial charge is 0.424 e. The van der Waals surface area contributed by atoms with Crippen molar-refractivity contribution in [2.24, 2.45) is 5.73 Å². The van der Waals surface area contributed by atoms with Crippen molar-refractivity contribution in [2.75, 3.05) is 27.4 Å². The first-order valence-electron chi connectivity index (χ1n) is 14.3. The highest BCUT2D eigenvalue weighted by Gasteiger charge is 2.58. The van der Waals surface area contributed by atoms with E-state index in [-0.39, 0.29) is 28.7 Å². The number of pyridine rings is 1. The number of nitrogens with two attached hydrogens (primary N) is 1. The van der Waals surface area contributed by atoms with E-state index >= 15 is 8.78 Å². The van der Waals surface area contributed by atoms with Crippen molar-refractivity contribution >= 4 is 22.7 Å². The van der Waals surface area contributed by atoms with E-state index in [1.807, 2.05) is 0 Å². The van der Waals surface area contributed by atoms with Crippen LogP contribution in [-0.2, 0) is 15.8 Å². The molecule has 2 aliphatic rings. The number of aromatic nitrogens is 3. The first kappa shape index (κ1) is 32.0. The lowest BCUT2D eigenvalue weighted by atomic mass is 9.81. The van der Waals surface area contributed by atoms with Gasteiger partial charge in [-0.15, -0.1) is 0 Å². The van der Waals surface area contributed by atoms with Gasteiger partial charge in [0.15, 0.2) is 0 Å². The number of hydrogen-bond donors (Lipinski definition) is 3. The van der Waals surface area contributed by atoms with E-state index in [0.717, 1.165) is 38.2 Å². The Morgan fingerprint density at radius 1 is 1.13 bits per heavy atom. The normalized spacial score (nSPS) is 18.7. The van der Waals surface area contributed by atoms with Crippen LogP contribution in [0.25, 0.3) is 22.2 Å². The largest absolute Gasteiger partial charge is 0.497 e. The van der Waals surface area contributed by atoms with E-state index < -0.39 is 76.5 Å². The Bertz CT molecular complexity index is 1920. The maximum Gasteiger partial charge on any atom is 0.424 e. The molecule has 6 rings (SSSR count). The van der Waals surface area contributed by atoms with Crippen molar-refractivity contribution in [3.05, 3.63) is 65.0 Å². The zero-order valence-corrected chi connectivity index (χ0v) is 25.2. The van der Waals surface area contributed by atoms with Crippen LogP contribution in [0, 0.1) is 11.6 Å². The monoisotopic (exact) mass is 661 g/mol.